The molecule has 0 saturated carbocycles. The number of halogens is 1. The van der Waals surface area contributed by atoms with Gasteiger partial charge in [-0.2, -0.15) is 0 Å². The van der Waals surface area contributed by atoms with Gasteiger partial charge in [0.15, 0.2) is 0 Å². The molecule has 1 aromatic carbocycles. The van der Waals surface area contributed by atoms with Gasteiger partial charge in [-0.15, -0.1) is 0 Å². The van der Waals surface area contributed by atoms with Gasteiger partial charge in [-0.3, -0.25) is 4.98 Å². The van der Waals surface area contributed by atoms with E-state index in [1.807, 2.05) is 19.2 Å². The largest absolute Gasteiger partial charge is 0.305 e. The van der Waals surface area contributed by atoms with Gasteiger partial charge in [0.1, 0.15) is 0 Å². The molecule has 0 radical (unpaired) electrons. The van der Waals surface area contributed by atoms with Crippen LogP contribution in [-0.2, 0) is 6.54 Å². The molecule has 94 valence electrons. The quantitative estimate of drug-likeness (QED) is 0.923. The third kappa shape index (κ3) is 3.65. The molecule has 0 aliphatic rings. The summed E-state index contributed by atoms with van der Waals surface area (Å²) in [5.74, 6) is 0. The topological polar surface area (TPSA) is 24.9 Å². The highest BCUT2D eigenvalue weighted by atomic mass is 79.9. The summed E-state index contributed by atoms with van der Waals surface area (Å²) < 4.78 is 1.11. The molecule has 1 heterocycles. The van der Waals surface area contributed by atoms with Crippen LogP contribution in [0.25, 0.3) is 0 Å². The van der Waals surface area contributed by atoms with Crippen LogP contribution in [0.4, 0.5) is 0 Å². The molecule has 0 aliphatic carbocycles. The average molecular weight is 305 g/mol. The number of nitrogens with one attached hydrogen (secondary N) is 1. The smallest absolute Gasteiger partial charge is 0.0542 e. The van der Waals surface area contributed by atoms with Gasteiger partial charge < -0.3 is 5.32 Å². The van der Waals surface area contributed by atoms with Gasteiger partial charge in [-0.1, -0.05) is 34.1 Å². The van der Waals surface area contributed by atoms with Gasteiger partial charge in [0, 0.05) is 23.3 Å². The van der Waals surface area contributed by atoms with Gasteiger partial charge >= 0.3 is 0 Å². The highest BCUT2D eigenvalue weighted by Crippen LogP contribution is 2.18. The zero-order chi connectivity index (χ0) is 13.0. The van der Waals surface area contributed by atoms with Crippen molar-refractivity contribution in [1.29, 1.82) is 0 Å². The highest BCUT2D eigenvalue weighted by molar-refractivity contribution is 9.10. The second-order valence-electron chi connectivity index (χ2n) is 4.48. The molecule has 1 N–H and O–H groups in total. The molecule has 2 aromatic rings. The number of hydrogen-bond donors (Lipinski definition) is 1. The van der Waals surface area contributed by atoms with Crippen molar-refractivity contribution in [3.63, 3.8) is 0 Å². The first-order valence-electron chi connectivity index (χ1n) is 6.05. The maximum atomic E-state index is 4.39. The molecule has 0 unspecified atom stereocenters. The molecule has 18 heavy (non-hydrogen) atoms. The maximum Gasteiger partial charge on any atom is 0.0542 e. The van der Waals surface area contributed by atoms with E-state index in [4.69, 9.17) is 0 Å². The summed E-state index contributed by atoms with van der Waals surface area (Å²) in [7, 11) is 0. The molecule has 0 saturated heterocycles. The Kier molecular flexibility index (Phi) is 4.50. The van der Waals surface area contributed by atoms with Crippen molar-refractivity contribution >= 4 is 15.9 Å². The van der Waals surface area contributed by atoms with E-state index in [-0.39, 0.29) is 0 Å². The third-order valence-electron chi connectivity index (χ3n) is 2.91. The number of hydrogen-bond acceptors (Lipinski definition) is 2. The lowest BCUT2D eigenvalue weighted by Gasteiger charge is -2.14. The summed E-state index contributed by atoms with van der Waals surface area (Å²) in [6.07, 6.45) is 1.90. The second-order valence-corrected chi connectivity index (χ2v) is 5.40. The summed E-state index contributed by atoms with van der Waals surface area (Å²) >= 11 is 3.49. The Bertz CT molecular complexity index is 508. The van der Waals surface area contributed by atoms with Crippen molar-refractivity contribution in [3.8, 4) is 0 Å². The van der Waals surface area contributed by atoms with E-state index >= 15 is 0 Å². The molecule has 0 fully saturated rings. The van der Waals surface area contributed by atoms with E-state index in [2.05, 4.69) is 63.5 Å². The number of nitrogens with zero attached hydrogens (tertiary/aromatic N) is 1. The van der Waals surface area contributed by atoms with E-state index in [9.17, 15) is 0 Å². The summed E-state index contributed by atoms with van der Waals surface area (Å²) in [5.41, 5.74) is 3.54. The first-order valence-corrected chi connectivity index (χ1v) is 6.85. The third-order valence-corrected chi connectivity index (χ3v) is 3.40. The van der Waals surface area contributed by atoms with Crippen LogP contribution < -0.4 is 5.32 Å². The van der Waals surface area contributed by atoms with E-state index in [0.717, 1.165) is 16.7 Å². The zero-order valence-electron chi connectivity index (χ0n) is 10.7. The number of pyridine rings is 1. The van der Waals surface area contributed by atoms with Crippen LogP contribution in [0.2, 0.25) is 0 Å². The molecule has 1 atom stereocenters. The number of rotatable bonds is 4. The molecule has 3 heteroatoms. The van der Waals surface area contributed by atoms with Gasteiger partial charge in [-0.25, -0.2) is 0 Å². The Morgan fingerprint density at radius 1 is 1.28 bits per heavy atom. The highest BCUT2D eigenvalue weighted by Gasteiger charge is 2.05. The fraction of sp³-hybridized carbons (Fsp3) is 0.267. The first kappa shape index (κ1) is 13.2. The van der Waals surface area contributed by atoms with Crippen molar-refractivity contribution in [2.24, 2.45) is 0 Å². The summed E-state index contributed by atoms with van der Waals surface area (Å²) in [6.45, 7) is 5.00. The zero-order valence-corrected chi connectivity index (χ0v) is 12.2. The van der Waals surface area contributed by atoms with Crippen LogP contribution in [-0.4, -0.2) is 4.98 Å². The van der Waals surface area contributed by atoms with Gasteiger partial charge in [0.05, 0.1) is 5.69 Å². The standard InChI is InChI=1S/C15H17BrN2/c1-11-6-7-15(18-9-11)10-17-12(2)13-4-3-5-14(16)8-13/h3-9,12,17H,10H2,1-2H3/t12-/m0/s1. The molecule has 0 spiro atoms. The van der Waals surface area contributed by atoms with Crippen LogP contribution in [0.3, 0.4) is 0 Å². The lowest BCUT2D eigenvalue weighted by Crippen LogP contribution is -2.18. The molecule has 2 rings (SSSR count). The number of aryl methyl sites for hydroxylation is 1. The molecule has 0 bridgehead atoms. The monoisotopic (exact) mass is 304 g/mol. The molecule has 0 amide bonds. The second kappa shape index (κ2) is 6.12. The number of benzene rings is 1. The van der Waals surface area contributed by atoms with Gasteiger partial charge in [0.25, 0.3) is 0 Å². The van der Waals surface area contributed by atoms with Crippen molar-refractivity contribution in [1.82, 2.24) is 10.3 Å². The minimum atomic E-state index is 0.311. The lowest BCUT2D eigenvalue weighted by molar-refractivity contribution is 0.567. The van der Waals surface area contributed by atoms with Crippen molar-refractivity contribution in [2.45, 2.75) is 26.4 Å². The minimum Gasteiger partial charge on any atom is -0.305 e. The molecule has 1 aromatic heterocycles. The molecular weight excluding hydrogens is 288 g/mol. The van der Waals surface area contributed by atoms with Gasteiger partial charge in [-0.05, 0) is 43.2 Å². The predicted molar refractivity (Wildman–Crippen MR) is 78.4 cm³/mol. The fourth-order valence-corrected chi connectivity index (χ4v) is 2.17. The van der Waals surface area contributed by atoms with E-state index in [1.165, 1.54) is 11.1 Å². The predicted octanol–water partition coefficient (Wildman–Crippen LogP) is 4.00. The Balaban J connectivity index is 1.96. The number of aromatic nitrogens is 1. The summed E-state index contributed by atoms with van der Waals surface area (Å²) in [5, 5.41) is 3.48. The summed E-state index contributed by atoms with van der Waals surface area (Å²) in [4.78, 5) is 4.39. The van der Waals surface area contributed by atoms with Crippen LogP contribution in [0.15, 0.2) is 47.1 Å². The Morgan fingerprint density at radius 2 is 2.11 bits per heavy atom. The van der Waals surface area contributed by atoms with Crippen LogP contribution in [0, 0.1) is 6.92 Å². The van der Waals surface area contributed by atoms with Gasteiger partial charge in [0.2, 0.25) is 0 Å². The molecule has 0 aliphatic heterocycles. The Morgan fingerprint density at radius 3 is 2.78 bits per heavy atom. The fourth-order valence-electron chi connectivity index (χ4n) is 1.75. The minimum absolute atomic E-state index is 0.311. The van der Waals surface area contributed by atoms with E-state index in [0.29, 0.717) is 6.04 Å². The van der Waals surface area contributed by atoms with E-state index < -0.39 is 0 Å². The van der Waals surface area contributed by atoms with Crippen molar-refractivity contribution in [3.05, 3.63) is 63.9 Å². The van der Waals surface area contributed by atoms with Crippen molar-refractivity contribution in [2.75, 3.05) is 0 Å². The normalized spacial score (nSPS) is 12.4. The Hall–Kier alpha value is -1.19. The van der Waals surface area contributed by atoms with Crippen LogP contribution in [0.5, 0.6) is 0 Å². The SMILES string of the molecule is Cc1ccc(CN[C@@H](C)c2cccc(Br)c2)nc1. The molecule has 2 nitrogen and oxygen atoms in total. The van der Waals surface area contributed by atoms with E-state index in [1.54, 1.807) is 0 Å². The van der Waals surface area contributed by atoms with Crippen molar-refractivity contribution < 1.29 is 0 Å². The maximum absolute atomic E-state index is 4.39. The lowest BCUT2D eigenvalue weighted by atomic mass is 10.1. The molecular formula is C15H17BrN2. The Labute approximate surface area is 117 Å². The van der Waals surface area contributed by atoms with Crippen LogP contribution in [0.1, 0.15) is 29.8 Å². The van der Waals surface area contributed by atoms with Crippen LogP contribution >= 0.6 is 15.9 Å². The first-order chi connectivity index (χ1) is 8.65. The average Bonchev–Trinajstić information content (AvgIpc) is 2.38. The summed E-state index contributed by atoms with van der Waals surface area (Å²) in [6, 6.07) is 12.8.